The van der Waals surface area contributed by atoms with Gasteiger partial charge in [0.1, 0.15) is 11.6 Å². The van der Waals surface area contributed by atoms with Gasteiger partial charge in [0.05, 0.1) is 18.8 Å². The third-order valence-corrected chi connectivity index (χ3v) is 8.81. The van der Waals surface area contributed by atoms with Gasteiger partial charge in [-0.25, -0.2) is 4.98 Å². The summed E-state index contributed by atoms with van der Waals surface area (Å²) < 4.78 is 13.4. The van der Waals surface area contributed by atoms with Crippen molar-refractivity contribution in [2.24, 2.45) is 0 Å². The van der Waals surface area contributed by atoms with Gasteiger partial charge in [-0.05, 0) is 70.7 Å². The van der Waals surface area contributed by atoms with Gasteiger partial charge >= 0.3 is 0 Å². The van der Waals surface area contributed by atoms with Gasteiger partial charge in [-0.2, -0.15) is 0 Å². The highest BCUT2D eigenvalue weighted by Gasteiger charge is 2.27. The maximum absolute atomic E-state index is 13.1. The van der Waals surface area contributed by atoms with Crippen molar-refractivity contribution in [1.82, 2.24) is 24.5 Å². The van der Waals surface area contributed by atoms with Crippen LogP contribution in [0, 0.1) is 6.92 Å². The normalized spacial score (nSPS) is 17.7. The third-order valence-electron chi connectivity index (χ3n) is 8.81. The van der Waals surface area contributed by atoms with Crippen LogP contribution in [0.25, 0.3) is 11.0 Å². The van der Waals surface area contributed by atoms with Crippen LogP contribution in [-0.2, 0) is 33.8 Å². The number of carbonyl (C=O) groups excluding carboxylic acids is 3. The number of carbonyl (C=O) groups is 3. The number of benzene rings is 1. The molecular formula is C32H37N5O6. The van der Waals surface area contributed by atoms with Gasteiger partial charge in [-0.1, -0.05) is 5.16 Å². The van der Waals surface area contributed by atoms with Gasteiger partial charge in [-0.3, -0.25) is 28.6 Å². The van der Waals surface area contributed by atoms with E-state index in [2.05, 4.69) is 10.1 Å². The number of amides is 2. The molecule has 1 aromatic carbocycles. The number of ether oxygens (including phenoxy) is 1. The Kier molecular flexibility index (Phi) is 8.51. The maximum Gasteiger partial charge on any atom is 0.256 e. The van der Waals surface area contributed by atoms with E-state index in [0.29, 0.717) is 30.3 Å². The summed E-state index contributed by atoms with van der Waals surface area (Å²) in [5.74, 6) is 0.787. The fourth-order valence-electron chi connectivity index (χ4n) is 6.34. The van der Waals surface area contributed by atoms with Gasteiger partial charge in [0.15, 0.2) is 11.4 Å². The Bertz CT molecular complexity index is 1610. The SMILES string of the molecule is Cc1nc2n(c(=O)c1CCN1CCC(c3noc4cc(OCCCC(=O)CN5C(=O)C=CC5=O)ccc34)CC1)CCCC2. The monoisotopic (exact) mass is 587 g/mol. The third kappa shape index (κ3) is 6.31. The van der Waals surface area contributed by atoms with Gasteiger partial charge < -0.3 is 14.2 Å². The van der Waals surface area contributed by atoms with E-state index in [1.807, 2.05) is 29.7 Å². The summed E-state index contributed by atoms with van der Waals surface area (Å²) in [6, 6.07) is 5.69. The molecule has 43 heavy (non-hydrogen) atoms. The van der Waals surface area contributed by atoms with Crippen LogP contribution in [0.15, 0.2) is 39.7 Å². The lowest BCUT2D eigenvalue weighted by atomic mass is 9.91. The second kappa shape index (κ2) is 12.6. The number of likely N-dealkylation sites (tertiary alicyclic amines) is 1. The minimum Gasteiger partial charge on any atom is -0.493 e. The molecule has 226 valence electrons. The van der Waals surface area contributed by atoms with E-state index in [-0.39, 0.29) is 24.3 Å². The predicted octanol–water partition coefficient (Wildman–Crippen LogP) is 3.10. The number of Topliss-reactive ketones (excluding diaryl/α,β-unsaturated/α-hetero) is 1. The van der Waals surface area contributed by atoms with E-state index in [0.717, 1.165) is 97.8 Å². The predicted molar refractivity (Wildman–Crippen MR) is 158 cm³/mol. The lowest BCUT2D eigenvalue weighted by Gasteiger charge is -2.31. The Morgan fingerprint density at radius 2 is 1.86 bits per heavy atom. The summed E-state index contributed by atoms with van der Waals surface area (Å²) in [5, 5.41) is 5.40. The average Bonchev–Trinajstić information content (AvgIpc) is 3.57. The number of ketones is 1. The molecule has 2 aromatic heterocycles. The van der Waals surface area contributed by atoms with Crippen molar-refractivity contribution in [2.45, 2.75) is 70.8 Å². The fourth-order valence-corrected chi connectivity index (χ4v) is 6.34. The van der Waals surface area contributed by atoms with Gasteiger partial charge in [0.2, 0.25) is 0 Å². The molecule has 0 aliphatic carbocycles. The number of nitrogens with zero attached hydrogens (tertiary/aromatic N) is 5. The summed E-state index contributed by atoms with van der Waals surface area (Å²) in [5.41, 5.74) is 3.52. The number of imide groups is 1. The van der Waals surface area contributed by atoms with Crippen LogP contribution in [0.2, 0.25) is 0 Å². The van der Waals surface area contributed by atoms with E-state index in [1.165, 1.54) is 12.2 Å². The molecule has 0 radical (unpaired) electrons. The first-order chi connectivity index (χ1) is 20.9. The van der Waals surface area contributed by atoms with Crippen LogP contribution in [0.4, 0.5) is 0 Å². The van der Waals surface area contributed by atoms with Gasteiger partial charge in [-0.15, -0.1) is 0 Å². The second-order valence-electron chi connectivity index (χ2n) is 11.7. The first-order valence-corrected chi connectivity index (χ1v) is 15.3. The number of piperidine rings is 1. The highest BCUT2D eigenvalue weighted by atomic mass is 16.5. The van der Waals surface area contributed by atoms with E-state index in [4.69, 9.17) is 14.2 Å². The van der Waals surface area contributed by atoms with Crippen molar-refractivity contribution in [3.05, 3.63) is 63.5 Å². The Labute approximate surface area is 249 Å². The molecule has 0 saturated carbocycles. The summed E-state index contributed by atoms with van der Waals surface area (Å²) in [6.45, 7) is 5.59. The summed E-state index contributed by atoms with van der Waals surface area (Å²) in [4.78, 5) is 56.6. The Hall–Kier alpha value is -4.12. The number of aryl methyl sites for hydroxylation is 2. The minimum absolute atomic E-state index is 0.147. The first kappa shape index (κ1) is 29.0. The lowest BCUT2D eigenvalue weighted by molar-refractivity contribution is -0.140. The number of aromatic nitrogens is 3. The highest BCUT2D eigenvalue weighted by molar-refractivity contribution is 6.14. The summed E-state index contributed by atoms with van der Waals surface area (Å²) >= 11 is 0. The molecule has 5 heterocycles. The number of rotatable bonds is 11. The van der Waals surface area contributed by atoms with E-state index in [1.54, 1.807) is 0 Å². The van der Waals surface area contributed by atoms with Crippen LogP contribution in [0.3, 0.4) is 0 Å². The van der Waals surface area contributed by atoms with Gasteiger partial charge in [0, 0.05) is 66.7 Å². The topological polar surface area (TPSA) is 128 Å². The zero-order valence-electron chi connectivity index (χ0n) is 24.5. The van der Waals surface area contributed by atoms with E-state index in [9.17, 15) is 19.2 Å². The Balaban J connectivity index is 0.969. The molecule has 0 N–H and O–H groups in total. The van der Waals surface area contributed by atoms with Crippen molar-refractivity contribution in [1.29, 1.82) is 0 Å². The van der Waals surface area contributed by atoms with Crippen LogP contribution in [-0.4, -0.2) is 74.9 Å². The molecule has 6 rings (SSSR count). The molecule has 0 unspecified atom stereocenters. The molecule has 1 saturated heterocycles. The van der Waals surface area contributed by atoms with Crippen molar-refractivity contribution in [2.75, 3.05) is 32.8 Å². The molecule has 3 aromatic rings. The molecule has 0 bridgehead atoms. The molecule has 0 spiro atoms. The smallest absolute Gasteiger partial charge is 0.256 e. The van der Waals surface area contributed by atoms with Crippen molar-refractivity contribution >= 4 is 28.6 Å². The fraction of sp³-hybridized carbons (Fsp3) is 0.500. The van der Waals surface area contributed by atoms with Crippen LogP contribution in [0.5, 0.6) is 5.75 Å². The largest absolute Gasteiger partial charge is 0.493 e. The van der Waals surface area contributed by atoms with Crippen molar-refractivity contribution < 1.29 is 23.6 Å². The Morgan fingerprint density at radius 3 is 2.65 bits per heavy atom. The molecular weight excluding hydrogens is 550 g/mol. The summed E-state index contributed by atoms with van der Waals surface area (Å²) in [6.07, 6.45) is 8.74. The quantitative estimate of drug-likeness (QED) is 0.246. The average molecular weight is 588 g/mol. The van der Waals surface area contributed by atoms with Gasteiger partial charge in [0.25, 0.3) is 17.4 Å². The minimum atomic E-state index is -0.452. The highest BCUT2D eigenvalue weighted by Crippen LogP contribution is 2.34. The molecule has 3 aliphatic rings. The van der Waals surface area contributed by atoms with E-state index < -0.39 is 11.8 Å². The maximum atomic E-state index is 13.1. The first-order valence-electron chi connectivity index (χ1n) is 15.3. The van der Waals surface area contributed by atoms with Crippen molar-refractivity contribution in [3.8, 4) is 5.75 Å². The zero-order valence-corrected chi connectivity index (χ0v) is 24.5. The van der Waals surface area contributed by atoms with Crippen molar-refractivity contribution in [3.63, 3.8) is 0 Å². The van der Waals surface area contributed by atoms with Crippen LogP contribution < -0.4 is 10.3 Å². The summed E-state index contributed by atoms with van der Waals surface area (Å²) in [7, 11) is 0. The standard InChI is InChI=1S/C32H37N5O6/c1-21-25(32(41)36-14-3-2-6-28(36)33-21)13-17-35-15-11-22(12-16-35)31-26-8-7-24(19-27(26)43-34-31)42-18-4-5-23(38)20-37-29(39)9-10-30(37)40/h7-10,19,22H,2-6,11-18,20H2,1H3. The Morgan fingerprint density at radius 1 is 1.07 bits per heavy atom. The van der Waals surface area contributed by atoms with Crippen LogP contribution >= 0.6 is 0 Å². The lowest BCUT2D eigenvalue weighted by Crippen LogP contribution is -2.37. The molecule has 3 aliphatic heterocycles. The van der Waals surface area contributed by atoms with Crippen LogP contribution in [0.1, 0.15) is 67.2 Å². The molecule has 0 atom stereocenters. The number of hydrogen-bond acceptors (Lipinski definition) is 9. The number of hydrogen-bond donors (Lipinski definition) is 0. The molecule has 1 fully saturated rings. The van der Waals surface area contributed by atoms with E-state index >= 15 is 0 Å². The molecule has 11 nitrogen and oxygen atoms in total. The zero-order chi connectivity index (χ0) is 29.9. The molecule has 2 amide bonds. The molecule has 11 heteroatoms. The second-order valence-corrected chi connectivity index (χ2v) is 11.7. The number of fused-ring (bicyclic) bond motifs is 2.